The minimum absolute atomic E-state index is 0.198. The molecule has 0 saturated heterocycles. The molecule has 3 aromatic carbocycles. The van der Waals surface area contributed by atoms with Crippen molar-refractivity contribution in [1.29, 1.82) is 0 Å². The zero-order chi connectivity index (χ0) is 20.3. The summed E-state index contributed by atoms with van der Waals surface area (Å²) in [4.78, 5) is 18.2. The molecule has 0 bridgehead atoms. The average Bonchev–Trinajstić information content (AvgIpc) is 3.35. The van der Waals surface area contributed by atoms with Gasteiger partial charge in [-0.3, -0.25) is 4.79 Å². The lowest BCUT2D eigenvalue weighted by Crippen LogP contribution is -2.51. The van der Waals surface area contributed by atoms with Crippen LogP contribution in [0.25, 0.3) is 22.8 Å². The van der Waals surface area contributed by atoms with Crippen LogP contribution in [0.1, 0.15) is 5.56 Å². The van der Waals surface area contributed by atoms with Crippen molar-refractivity contribution in [3.8, 4) is 28.5 Å². The van der Waals surface area contributed by atoms with Crippen LogP contribution in [0.15, 0.2) is 72.8 Å². The maximum atomic E-state index is 13.4. The van der Waals surface area contributed by atoms with Crippen molar-refractivity contribution in [2.75, 3.05) is 17.7 Å². The Morgan fingerprint density at radius 1 is 0.900 bits per heavy atom. The molecule has 1 amide bonds. The average molecular weight is 395 g/mol. The van der Waals surface area contributed by atoms with Gasteiger partial charge in [-0.05, 0) is 30.3 Å². The van der Waals surface area contributed by atoms with Gasteiger partial charge in [0.1, 0.15) is 5.75 Å². The molecule has 1 spiro atoms. The summed E-state index contributed by atoms with van der Waals surface area (Å²) in [5.74, 6) is 1.59. The summed E-state index contributed by atoms with van der Waals surface area (Å²) in [6, 6.07) is 23.0. The summed E-state index contributed by atoms with van der Waals surface area (Å²) >= 11 is 0. The van der Waals surface area contributed by atoms with Crippen molar-refractivity contribution >= 4 is 17.3 Å². The van der Waals surface area contributed by atoms with Gasteiger partial charge in [-0.2, -0.15) is 0 Å². The van der Waals surface area contributed by atoms with Gasteiger partial charge >= 0.3 is 0 Å². The maximum Gasteiger partial charge on any atom is 0.278 e. The van der Waals surface area contributed by atoms with Crippen LogP contribution in [0, 0.1) is 0 Å². The molecule has 146 valence electrons. The number of hydrogen-bond donors (Lipinski definition) is 2. The first-order valence-electron chi connectivity index (χ1n) is 9.62. The van der Waals surface area contributed by atoms with Crippen LogP contribution in [0.3, 0.4) is 0 Å². The number of carbonyl (C=O) groups excluding carboxylic acids is 1. The third-order valence-electron chi connectivity index (χ3n) is 5.65. The summed E-state index contributed by atoms with van der Waals surface area (Å²) in [5, 5.41) is 11.2. The van der Waals surface area contributed by atoms with Crippen LogP contribution < -0.4 is 15.4 Å². The van der Waals surface area contributed by atoms with Gasteiger partial charge in [-0.1, -0.05) is 42.5 Å². The van der Waals surface area contributed by atoms with Crippen LogP contribution >= 0.6 is 0 Å². The number of benzene rings is 3. The second kappa shape index (κ2) is 5.93. The van der Waals surface area contributed by atoms with Gasteiger partial charge in [0.15, 0.2) is 11.6 Å². The minimum atomic E-state index is -1.21. The molecule has 0 unspecified atom stereocenters. The van der Waals surface area contributed by atoms with E-state index in [1.807, 2.05) is 72.8 Å². The molecule has 1 aromatic heterocycles. The first kappa shape index (κ1) is 16.8. The molecule has 30 heavy (non-hydrogen) atoms. The molecule has 0 saturated carbocycles. The highest BCUT2D eigenvalue weighted by Crippen LogP contribution is 2.47. The van der Waals surface area contributed by atoms with Gasteiger partial charge in [-0.25, -0.2) is 9.67 Å². The Morgan fingerprint density at radius 2 is 1.60 bits per heavy atom. The number of amides is 1. The Labute approximate surface area is 172 Å². The Hall–Kier alpha value is -4.13. The molecule has 2 aliphatic heterocycles. The van der Waals surface area contributed by atoms with E-state index in [0.29, 0.717) is 17.4 Å². The predicted octanol–water partition coefficient (Wildman–Crippen LogP) is 3.70. The van der Waals surface area contributed by atoms with Crippen molar-refractivity contribution in [2.24, 2.45) is 0 Å². The van der Waals surface area contributed by atoms with Gasteiger partial charge in [0.2, 0.25) is 5.66 Å². The van der Waals surface area contributed by atoms with Crippen molar-refractivity contribution in [2.45, 2.75) is 5.66 Å². The number of hydrogen-bond acceptors (Lipinski definition) is 5. The SMILES string of the molecule is COc1ccccc1-c1nc2n(n1)[C@@]1(Nc3ccccc3-2)C(=O)Nc2ccccc21. The lowest BCUT2D eigenvalue weighted by molar-refractivity contribution is -0.121. The summed E-state index contributed by atoms with van der Waals surface area (Å²) in [7, 11) is 1.62. The molecule has 2 aliphatic rings. The molecular weight excluding hydrogens is 378 g/mol. The molecule has 6 rings (SSSR count). The molecule has 3 heterocycles. The quantitative estimate of drug-likeness (QED) is 0.541. The molecule has 0 aliphatic carbocycles. The number of fused-ring (bicyclic) bond motifs is 6. The third-order valence-corrected chi connectivity index (χ3v) is 5.65. The zero-order valence-electron chi connectivity index (χ0n) is 16.1. The van der Waals surface area contributed by atoms with Gasteiger partial charge in [0.05, 0.1) is 12.7 Å². The Balaban J connectivity index is 1.67. The third kappa shape index (κ3) is 2.06. The van der Waals surface area contributed by atoms with E-state index < -0.39 is 5.66 Å². The van der Waals surface area contributed by atoms with Crippen molar-refractivity contribution < 1.29 is 9.53 Å². The molecule has 0 radical (unpaired) electrons. The first-order chi connectivity index (χ1) is 14.7. The molecule has 4 aromatic rings. The van der Waals surface area contributed by atoms with Crippen LogP contribution in [-0.2, 0) is 10.5 Å². The number of nitrogens with zero attached hydrogens (tertiary/aromatic N) is 3. The van der Waals surface area contributed by atoms with Crippen LogP contribution in [0.4, 0.5) is 11.4 Å². The fourth-order valence-electron chi connectivity index (χ4n) is 4.28. The number of rotatable bonds is 2. The largest absolute Gasteiger partial charge is 0.496 e. The van der Waals surface area contributed by atoms with E-state index in [-0.39, 0.29) is 5.91 Å². The summed E-state index contributed by atoms with van der Waals surface area (Å²) in [6.07, 6.45) is 0. The highest BCUT2D eigenvalue weighted by atomic mass is 16.5. The number of nitrogens with one attached hydrogen (secondary N) is 2. The summed E-state index contributed by atoms with van der Waals surface area (Å²) < 4.78 is 7.20. The standard InChI is InChI=1S/C23H17N5O2/c1-30-19-13-7-3-9-15(19)20-25-21-14-8-2-5-11-17(14)26-23(28(21)27-20)16-10-4-6-12-18(16)24-22(23)29/h2-13,26H,1H3,(H,24,29)/t23-/m1/s1. The van der Waals surface area contributed by atoms with Gasteiger partial charge < -0.3 is 15.4 Å². The Morgan fingerprint density at radius 3 is 2.43 bits per heavy atom. The number of anilines is 2. The van der Waals surface area contributed by atoms with Crippen molar-refractivity contribution in [1.82, 2.24) is 14.8 Å². The maximum absolute atomic E-state index is 13.4. The molecule has 2 N–H and O–H groups in total. The topological polar surface area (TPSA) is 81.1 Å². The van der Waals surface area contributed by atoms with E-state index in [4.69, 9.17) is 14.8 Å². The van der Waals surface area contributed by atoms with Gasteiger partial charge in [0.25, 0.3) is 5.91 Å². The second-order valence-corrected chi connectivity index (χ2v) is 7.25. The fourth-order valence-corrected chi connectivity index (χ4v) is 4.28. The van der Waals surface area contributed by atoms with E-state index in [1.54, 1.807) is 11.8 Å². The van der Waals surface area contributed by atoms with E-state index >= 15 is 0 Å². The highest BCUT2D eigenvalue weighted by molar-refractivity contribution is 6.09. The monoisotopic (exact) mass is 395 g/mol. The van der Waals surface area contributed by atoms with Crippen molar-refractivity contribution in [3.05, 3.63) is 78.4 Å². The smallest absolute Gasteiger partial charge is 0.278 e. The zero-order valence-corrected chi connectivity index (χ0v) is 16.1. The molecule has 0 fully saturated rings. The normalized spacial score (nSPS) is 18.2. The number of ether oxygens (including phenoxy) is 1. The molecule has 7 heteroatoms. The van der Waals surface area contributed by atoms with E-state index in [2.05, 4.69) is 10.6 Å². The number of carbonyl (C=O) groups is 1. The van der Waals surface area contributed by atoms with Crippen LogP contribution in [-0.4, -0.2) is 27.8 Å². The van der Waals surface area contributed by atoms with Crippen molar-refractivity contribution in [3.63, 3.8) is 0 Å². The molecule has 7 nitrogen and oxygen atoms in total. The highest BCUT2D eigenvalue weighted by Gasteiger charge is 2.53. The minimum Gasteiger partial charge on any atom is -0.496 e. The number of aromatic nitrogens is 3. The van der Waals surface area contributed by atoms with Crippen LogP contribution in [0.2, 0.25) is 0 Å². The lowest BCUT2D eigenvalue weighted by Gasteiger charge is -2.35. The fraction of sp³-hybridized carbons (Fsp3) is 0.0870. The van der Waals surface area contributed by atoms with E-state index in [9.17, 15) is 4.79 Å². The van der Waals surface area contributed by atoms with Gasteiger partial charge in [0, 0.05) is 22.5 Å². The second-order valence-electron chi connectivity index (χ2n) is 7.25. The summed E-state index contributed by atoms with van der Waals surface area (Å²) in [6.45, 7) is 0. The first-order valence-corrected chi connectivity index (χ1v) is 9.62. The number of para-hydroxylation sites is 3. The van der Waals surface area contributed by atoms with Crippen LogP contribution in [0.5, 0.6) is 5.75 Å². The Bertz CT molecular complexity index is 1330. The van der Waals surface area contributed by atoms with E-state index in [0.717, 1.165) is 28.1 Å². The molecular formula is C23H17N5O2. The van der Waals surface area contributed by atoms with Gasteiger partial charge in [-0.15, -0.1) is 5.10 Å². The Kier molecular flexibility index (Phi) is 3.32. The molecule has 1 atom stereocenters. The number of methoxy groups -OCH3 is 1. The van der Waals surface area contributed by atoms with E-state index in [1.165, 1.54) is 0 Å². The summed E-state index contributed by atoms with van der Waals surface area (Å²) in [5.41, 5.74) is 2.83. The lowest BCUT2D eigenvalue weighted by atomic mass is 9.96. The predicted molar refractivity (Wildman–Crippen MR) is 113 cm³/mol.